The minimum absolute atomic E-state index is 0.0122. The van der Waals surface area contributed by atoms with E-state index in [2.05, 4.69) is 31.7 Å². The van der Waals surface area contributed by atoms with Gasteiger partial charge in [0.2, 0.25) is 11.6 Å². The van der Waals surface area contributed by atoms with Gasteiger partial charge >= 0.3 is 0 Å². The van der Waals surface area contributed by atoms with Crippen LogP contribution in [0.1, 0.15) is 22.3 Å². The zero-order chi connectivity index (χ0) is 38.8. The molecule has 2 aliphatic rings. The van der Waals surface area contributed by atoms with E-state index in [1.54, 1.807) is 84.9 Å². The van der Waals surface area contributed by atoms with Crippen LogP contribution in [0.15, 0.2) is 124 Å². The van der Waals surface area contributed by atoms with Crippen LogP contribution in [0, 0.1) is 0 Å². The van der Waals surface area contributed by atoms with E-state index in [4.69, 9.17) is 58.0 Å². The van der Waals surface area contributed by atoms with Gasteiger partial charge in [0.15, 0.2) is 0 Å². The number of carbonyl (C=O) groups is 4. The van der Waals surface area contributed by atoms with E-state index in [1.807, 2.05) is 0 Å². The molecule has 2 amide bonds. The number of nitrogens with one attached hydrogen (secondary N) is 4. The van der Waals surface area contributed by atoms with Crippen molar-refractivity contribution in [1.82, 2.24) is 0 Å². The monoisotopic (exact) mass is 826 g/mol. The summed E-state index contributed by atoms with van der Waals surface area (Å²) < 4.78 is 0. The summed E-state index contributed by atoms with van der Waals surface area (Å²) in [5.41, 5.74) is 8.45. The topological polar surface area (TPSA) is 141 Å². The van der Waals surface area contributed by atoms with Crippen molar-refractivity contribution in [3.8, 4) is 0 Å². The number of anilines is 4. The fourth-order valence-corrected chi connectivity index (χ4v) is 6.55. The first kappa shape index (κ1) is 37.6. The molecule has 0 saturated carbocycles. The van der Waals surface area contributed by atoms with Crippen molar-refractivity contribution in [2.24, 2.45) is 10.2 Å². The molecule has 55 heavy (non-hydrogen) atoms. The second kappa shape index (κ2) is 15.9. The molecule has 0 aromatic heterocycles. The molecule has 0 bridgehead atoms. The summed E-state index contributed by atoms with van der Waals surface area (Å²) in [5, 5.41) is 15.5. The average molecular weight is 829 g/mol. The van der Waals surface area contributed by atoms with Gasteiger partial charge in [-0.1, -0.05) is 107 Å². The number of rotatable bonds is 8. The molecule has 0 saturated heterocycles. The lowest BCUT2D eigenvalue weighted by Gasteiger charge is -2.19. The lowest BCUT2D eigenvalue weighted by atomic mass is 9.89. The summed E-state index contributed by atoms with van der Waals surface area (Å²) in [7, 11) is 0. The number of carbonyl (C=O) groups excluding carboxylic acids is 4. The van der Waals surface area contributed by atoms with Crippen molar-refractivity contribution in [2.45, 2.75) is 0 Å². The largest absolute Gasteiger partial charge is 0.322 e. The molecule has 272 valence electrons. The number of ketones is 2. The minimum Gasteiger partial charge on any atom is -0.322 e. The maximum Gasteiger partial charge on any atom is 0.259 e. The quantitative estimate of drug-likeness (QED) is 0.0907. The first-order valence-electron chi connectivity index (χ1n) is 16.2. The van der Waals surface area contributed by atoms with Gasteiger partial charge in [-0.2, -0.15) is 10.2 Å². The Morgan fingerprint density at radius 1 is 0.491 bits per heavy atom. The van der Waals surface area contributed by atoms with Gasteiger partial charge in [0.25, 0.3) is 11.8 Å². The number of amides is 2. The van der Waals surface area contributed by atoms with Crippen LogP contribution >= 0.6 is 58.0 Å². The summed E-state index contributed by atoms with van der Waals surface area (Å²) in [6.45, 7) is 0. The fourth-order valence-electron chi connectivity index (χ4n) is 5.66. The molecule has 10 nitrogen and oxygen atoms in total. The van der Waals surface area contributed by atoms with Crippen molar-refractivity contribution in [2.75, 3.05) is 21.5 Å². The number of hydrogen-bond donors (Lipinski definition) is 4. The lowest BCUT2D eigenvalue weighted by Crippen LogP contribution is -2.30. The van der Waals surface area contributed by atoms with Crippen LogP contribution < -0.4 is 21.5 Å². The van der Waals surface area contributed by atoms with E-state index >= 15 is 0 Å². The van der Waals surface area contributed by atoms with Gasteiger partial charge in [-0.3, -0.25) is 30.0 Å². The Balaban J connectivity index is 1.08. The second-order valence-corrected chi connectivity index (χ2v) is 14.0. The van der Waals surface area contributed by atoms with Crippen molar-refractivity contribution < 1.29 is 19.2 Å². The molecule has 5 aromatic rings. The molecular weight excluding hydrogens is 806 g/mol. The Labute approximate surface area is 338 Å². The molecule has 7 rings (SSSR count). The number of fused-ring (bicyclic) bond motifs is 2. The molecule has 0 fully saturated rings. The Kier molecular flexibility index (Phi) is 10.9. The summed E-state index contributed by atoms with van der Waals surface area (Å²) in [6, 6.07) is 27.8. The number of benzene rings is 5. The molecule has 0 radical (unpaired) electrons. The SMILES string of the molecule is O=C(Nc1ccc(NC(=O)C2=Cc3ccccc3/C(=N\Nc3cc(Cl)ccc3Cl)C2=O)cc1Cl)C1=Cc2ccccc2/C(=N/Nc2cc(Cl)ccc2Cl)C1=O. The first-order valence-corrected chi connectivity index (χ1v) is 18.1. The minimum atomic E-state index is -0.747. The van der Waals surface area contributed by atoms with Crippen molar-refractivity contribution in [3.63, 3.8) is 0 Å². The lowest BCUT2D eigenvalue weighted by molar-refractivity contribution is -0.118. The van der Waals surface area contributed by atoms with Crippen LogP contribution in [0.25, 0.3) is 12.2 Å². The van der Waals surface area contributed by atoms with Gasteiger partial charge < -0.3 is 10.6 Å². The Hall–Kier alpha value is -5.75. The van der Waals surface area contributed by atoms with Crippen molar-refractivity contribution in [3.05, 3.63) is 162 Å². The molecule has 0 spiro atoms. The summed E-state index contributed by atoms with van der Waals surface area (Å²) in [4.78, 5) is 54.4. The molecule has 5 aromatic carbocycles. The van der Waals surface area contributed by atoms with Crippen LogP contribution in [0.2, 0.25) is 25.1 Å². The van der Waals surface area contributed by atoms with Gasteiger partial charge in [0.05, 0.1) is 43.3 Å². The van der Waals surface area contributed by atoms with Crippen molar-refractivity contribution >= 4 is 128 Å². The third kappa shape index (κ3) is 8.05. The summed E-state index contributed by atoms with van der Waals surface area (Å²) >= 11 is 31.3. The van der Waals surface area contributed by atoms with Gasteiger partial charge in [-0.25, -0.2) is 0 Å². The van der Waals surface area contributed by atoms with Crippen LogP contribution in [0.3, 0.4) is 0 Å². The Morgan fingerprint density at radius 2 is 0.964 bits per heavy atom. The van der Waals surface area contributed by atoms with E-state index in [0.29, 0.717) is 53.7 Å². The van der Waals surface area contributed by atoms with E-state index in [9.17, 15) is 19.2 Å². The molecule has 0 atom stereocenters. The van der Waals surface area contributed by atoms with Crippen molar-refractivity contribution in [1.29, 1.82) is 0 Å². The smallest absolute Gasteiger partial charge is 0.259 e. The third-order valence-corrected chi connectivity index (χ3v) is 9.79. The molecule has 0 aliphatic heterocycles. The number of hydrogen-bond acceptors (Lipinski definition) is 8. The molecule has 15 heteroatoms. The summed E-state index contributed by atoms with van der Waals surface area (Å²) in [6.07, 6.45) is 2.93. The highest BCUT2D eigenvalue weighted by atomic mass is 35.5. The van der Waals surface area contributed by atoms with Crippen LogP contribution in [0.5, 0.6) is 0 Å². The molecule has 0 heterocycles. The van der Waals surface area contributed by atoms with Crippen LogP contribution in [-0.2, 0) is 19.2 Å². The highest BCUT2D eigenvalue weighted by Gasteiger charge is 2.32. The Morgan fingerprint density at radius 3 is 1.45 bits per heavy atom. The third-order valence-electron chi connectivity index (χ3n) is 8.35. The fraction of sp³-hybridized carbons (Fsp3) is 0. The zero-order valence-corrected chi connectivity index (χ0v) is 31.7. The van der Waals surface area contributed by atoms with E-state index in [1.165, 1.54) is 30.4 Å². The van der Waals surface area contributed by atoms with Gasteiger partial charge in [-0.15, -0.1) is 0 Å². The number of halogens is 5. The molecule has 2 aliphatic carbocycles. The standard InChI is InChI=1S/C40H23Cl5N6O4/c41-22-9-12-29(43)33(17-22)48-50-35-25-7-3-1-5-20(25)15-27(37(35)52)39(54)46-24-11-14-32(31(45)19-24)47-40(55)28-16-21-6-2-4-8-26(21)36(38(28)53)51-49-34-18-23(42)10-13-30(34)44/h1-19,48-49H,(H,46,54)(H,47,55)/b50-35+,51-36-. The number of Topliss-reactive ketones (excluding diaryl/α,β-unsaturated/α-hetero) is 2. The van der Waals surface area contributed by atoms with E-state index in [0.717, 1.165) is 0 Å². The van der Waals surface area contributed by atoms with Gasteiger partial charge in [-0.05, 0) is 77.9 Å². The maximum absolute atomic E-state index is 13.7. The highest BCUT2D eigenvalue weighted by Crippen LogP contribution is 2.31. The zero-order valence-electron chi connectivity index (χ0n) is 27.9. The predicted octanol–water partition coefficient (Wildman–Crippen LogP) is 9.80. The maximum atomic E-state index is 13.7. The predicted molar refractivity (Wildman–Crippen MR) is 221 cm³/mol. The molecular formula is C40H23Cl5N6O4. The van der Waals surface area contributed by atoms with E-state index < -0.39 is 23.4 Å². The van der Waals surface area contributed by atoms with Gasteiger partial charge in [0, 0.05) is 26.9 Å². The van der Waals surface area contributed by atoms with Crippen LogP contribution in [0.4, 0.5) is 22.7 Å². The number of hydrazone groups is 2. The van der Waals surface area contributed by atoms with Crippen LogP contribution in [-0.4, -0.2) is 34.8 Å². The van der Waals surface area contributed by atoms with E-state index in [-0.39, 0.29) is 39.0 Å². The van der Waals surface area contributed by atoms with Gasteiger partial charge in [0.1, 0.15) is 11.4 Å². The number of nitrogens with zero attached hydrogens (tertiary/aromatic N) is 2. The normalized spacial score (nSPS) is 14.8. The average Bonchev–Trinajstić information content (AvgIpc) is 3.17. The second-order valence-electron chi connectivity index (χ2n) is 11.9. The molecule has 4 N–H and O–H groups in total. The summed E-state index contributed by atoms with van der Waals surface area (Å²) in [5.74, 6) is -2.76. The molecule has 0 unspecified atom stereocenters. The Bertz CT molecular complexity index is 2600. The first-order chi connectivity index (χ1) is 26.5. The highest BCUT2D eigenvalue weighted by molar-refractivity contribution is 6.60.